The van der Waals surface area contributed by atoms with Crippen LogP contribution in [0.5, 0.6) is 0 Å². The number of non-ortho nitro benzene ring substituents is 1. The third kappa shape index (κ3) is 6.70. The van der Waals surface area contributed by atoms with Gasteiger partial charge in [0.15, 0.2) is 0 Å². The predicted octanol–water partition coefficient (Wildman–Crippen LogP) is 1.86. The summed E-state index contributed by atoms with van der Waals surface area (Å²) in [6.07, 6.45) is 1.61. The zero-order chi connectivity index (χ0) is 23.8. The molecule has 1 heterocycles. The van der Waals surface area contributed by atoms with Crippen LogP contribution in [0.25, 0.3) is 6.08 Å². The number of amides is 2. The minimum absolute atomic E-state index is 0.0688. The van der Waals surface area contributed by atoms with Crippen LogP contribution in [0.1, 0.15) is 22.3 Å². The van der Waals surface area contributed by atoms with E-state index in [1.165, 1.54) is 34.0 Å². The highest BCUT2D eigenvalue weighted by molar-refractivity contribution is 7.92. The normalized spacial score (nSPS) is 14.8. The maximum atomic E-state index is 12.5. The molecule has 11 heteroatoms. The van der Waals surface area contributed by atoms with Gasteiger partial charge in [-0.1, -0.05) is 30.3 Å². The minimum Gasteiger partial charge on any atom is -0.352 e. The number of hydrogen-bond acceptors (Lipinski definition) is 6. The first kappa shape index (κ1) is 24.1. The largest absolute Gasteiger partial charge is 0.352 e. The Kier molecular flexibility index (Phi) is 7.91. The molecule has 1 aliphatic heterocycles. The molecule has 174 valence electrons. The first-order valence-corrected chi connectivity index (χ1v) is 11.8. The van der Waals surface area contributed by atoms with Crippen LogP contribution in [0, 0.1) is 10.1 Å². The van der Waals surface area contributed by atoms with Gasteiger partial charge in [0.2, 0.25) is 15.9 Å². The van der Waals surface area contributed by atoms with E-state index in [0.717, 1.165) is 5.56 Å². The summed E-state index contributed by atoms with van der Waals surface area (Å²) in [4.78, 5) is 36.2. The van der Waals surface area contributed by atoms with E-state index < -0.39 is 20.9 Å². The molecule has 0 aromatic heterocycles. The van der Waals surface area contributed by atoms with Gasteiger partial charge in [0, 0.05) is 62.2 Å². The van der Waals surface area contributed by atoms with E-state index in [1.54, 1.807) is 11.0 Å². The summed E-state index contributed by atoms with van der Waals surface area (Å²) in [5.74, 6) is -0.616. The molecule has 0 bridgehead atoms. The zero-order valence-corrected chi connectivity index (χ0v) is 18.6. The Morgan fingerprint density at radius 2 is 1.64 bits per heavy atom. The van der Waals surface area contributed by atoms with Crippen LogP contribution in [0.15, 0.2) is 60.0 Å². The van der Waals surface area contributed by atoms with Crippen molar-refractivity contribution in [2.24, 2.45) is 0 Å². The monoisotopic (exact) mass is 472 g/mol. The van der Waals surface area contributed by atoms with Crippen molar-refractivity contribution in [1.29, 1.82) is 0 Å². The highest BCUT2D eigenvalue weighted by Crippen LogP contribution is 2.13. The standard InChI is InChI=1S/C22H24N4O6S/c27-21(10-12-23-22(28)19-6-8-20(9-7-19)26(29)30)24-13-15-25(16-14-24)33(31,32)17-11-18-4-2-1-3-5-18/h1-9,11,17H,10,12-16H2,(H,23,28)/b17-11+. The molecule has 2 aromatic rings. The van der Waals surface area contributed by atoms with Crippen LogP contribution in [0.2, 0.25) is 0 Å². The quantitative estimate of drug-likeness (QED) is 0.461. The average molecular weight is 473 g/mol. The number of carbonyl (C=O) groups is 2. The molecule has 0 saturated carbocycles. The fourth-order valence-electron chi connectivity index (χ4n) is 3.28. The predicted molar refractivity (Wildman–Crippen MR) is 123 cm³/mol. The number of rotatable bonds is 8. The van der Waals surface area contributed by atoms with Crippen LogP contribution in [0.3, 0.4) is 0 Å². The number of nitro groups is 1. The average Bonchev–Trinajstić information content (AvgIpc) is 2.83. The molecule has 33 heavy (non-hydrogen) atoms. The van der Waals surface area contributed by atoms with Crippen molar-refractivity contribution in [3.8, 4) is 0 Å². The van der Waals surface area contributed by atoms with E-state index in [0.29, 0.717) is 0 Å². The van der Waals surface area contributed by atoms with Crippen molar-refractivity contribution in [1.82, 2.24) is 14.5 Å². The van der Waals surface area contributed by atoms with Crippen molar-refractivity contribution >= 4 is 33.6 Å². The van der Waals surface area contributed by atoms with Gasteiger partial charge in [0.1, 0.15) is 0 Å². The van der Waals surface area contributed by atoms with Gasteiger partial charge in [0.25, 0.3) is 11.6 Å². The van der Waals surface area contributed by atoms with Crippen molar-refractivity contribution in [2.45, 2.75) is 6.42 Å². The van der Waals surface area contributed by atoms with Crippen molar-refractivity contribution in [3.05, 3.63) is 81.2 Å². The summed E-state index contributed by atoms with van der Waals surface area (Å²) in [7, 11) is -3.58. The van der Waals surface area contributed by atoms with E-state index in [-0.39, 0.29) is 56.3 Å². The molecule has 1 saturated heterocycles. The second-order valence-corrected chi connectivity index (χ2v) is 9.17. The molecule has 1 fully saturated rings. The Morgan fingerprint density at radius 1 is 1.00 bits per heavy atom. The molecule has 2 aromatic carbocycles. The number of benzene rings is 2. The lowest BCUT2D eigenvalue weighted by Gasteiger charge is -2.33. The molecule has 0 radical (unpaired) electrons. The fourth-order valence-corrected chi connectivity index (χ4v) is 4.46. The van der Waals surface area contributed by atoms with Gasteiger partial charge in [-0.05, 0) is 23.8 Å². The van der Waals surface area contributed by atoms with Gasteiger partial charge in [-0.3, -0.25) is 19.7 Å². The first-order chi connectivity index (χ1) is 15.8. The lowest BCUT2D eigenvalue weighted by atomic mass is 10.2. The molecule has 10 nitrogen and oxygen atoms in total. The van der Waals surface area contributed by atoms with Gasteiger partial charge in [-0.15, -0.1) is 0 Å². The van der Waals surface area contributed by atoms with Crippen molar-refractivity contribution in [2.75, 3.05) is 32.7 Å². The molecule has 0 unspecified atom stereocenters. The van der Waals surface area contributed by atoms with Gasteiger partial charge in [-0.25, -0.2) is 8.42 Å². The van der Waals surface area contributed by atoms with E-state index in [9.17, 15) is 28.1 Å². The molecule has 2 amide bonds. The molecule has 3 rings (SSSR count). The number of nitrogens with one attached hydrogen (secondary N) is 1. The highest BCUT2D eigenvalue weighted by atomic mass is 32.2. The third-order valence-corrected chi connectivity index (χ3v) is 6.71. The molecule has 0 atom stereocenters. The van der Waals surface area contributed by atoms with Crippen LogP contribution in [-0.2, 0) is 14.8 Å². The number of nitro benzene ring substituents is 1. The molecular formula is C22H24N4O6S. The zero-order valence-electron chi connectivity index (χ0n) is 17.8. The van der Waals surface area contributed by atoms with Gasteiger partial charge >= 0.3 is 0 Å². The molecule has 1 aliphatic rings. The maximum absolute atomic E-state index is 12.5. The summed E-state index contributed by atoms with van der Waals surface area (Å²) >= 11 is 0. The van der Waals surface area contributed by atoms with E-state index >= 15 is 0 Å². The van der Waals surface area contributed by atoms with Gasteiger partial charge in [-0.2, -0.15) is 4.31 Å². The van der Waals surface area contributed by atoms with Crippen LogP contribution < -0.4 is 5.32 Å². The fraction of sp³-hybridized carbons (Fsp3) is 0.273. The smallest absolute Gasteiger partial charge is 0.269 e. The lowest BCUT2D eigenvalue weighted by molar-refractivity contribution is -0.384. The summed E-state index contributed by atoms with van der Waals surface area (Å²) in [6.45, 7) is 1.04. The molecule has 1 N–H and O–H groups in total. The SMILES string of the molecule is O=C(NCCC(=O)N1CCN(S(=O)(=O)/C=C/c2ccccc2)CC1)c1ccc([N+](=O)[O-])cc1. The van der Waals surface area contributed by atoms with Crippen molar-refractivity contribution in [3.63, 3.8) is 0 Å². The lowest BCUT2D eigenvalue weighted by Crippen LogP contribution is -2.50. The number of piperazine rings is 1. The highest BCUT2D eigenvalue weighted by Gasteiger charge is 2.27. The maximum Gasteiger partial charge on any atom is 0.269 e. The molecule has 0 aliphatic carbocycles. The number of carbonyl (C=O) groups excluding carboxylic acids is 2. The van der Waals surface area contributed by atoms with E-state index in [4.69, 9.17) is 0 Å². The van der Waals surface area contributed by atoms with E-state index in [1.807, 2.05) is 30.3 Å². The summed E-state index contributed by atoms with van der Waals surface area (Å²) in [5, 5.41) is 14.5. The Bertz CT molecular complexity index is 1130. The topological polar surface area (TPSA) is 130 Å². The van der Waals surface area contributed by atoms with E-state index in [2.05, 4.69) is 5.32 Å². The third-order valence-electron chi connectivity index (χ3n) is 5.15. The molecule has 0 spiro atoms. The Balaban J connectivity index is 1.43. The minimum atomic E-state index is -3.58. The number of hydrogen-bond donors (Lipinski definition) is 1. The second kappa shape index (κ2) is 10.8. The second-order valence-electron chi connectivity index (χ2n) is 7.35. The van der Waals surface area contributed by atoms with Crippen LogP contribution in [0.4, 0.5) is 5.69 Å². The van der Waals surface area contributed by atoms with Gasteiger partial charge in [0.05, 0.1) is 4.92 Å². The number of nitrogens with zero attached hydrogens (tertiary/aromatic N) is 3. The number of sulfonamides is 1. The summed E-state index contributed by atoms with van der Waals surface area (Å²) in [5.41, 5.74) is 0.930. The summed E-state index contributed by atoms with van der Waals surface area (Å²) < 4.78 is 26.4. The first-order valence-electron chi connectivity index (χ1n) is 10.3. The Morgan fingerprint density at radius 3 is 2.24 bits per heavy atom. The van der Waals surface area contributed by atoms with Crippen molar-refractivity contribution < 1.29 is 22.9 Å². The summed E-state index contributed by atoms with van der Waals surface area (Å²) in [6, 6.07) is 14.3. The Hall–Kier alpha value is -3.57. The van der Waals surface area contributed by atoms with Crippen LogP contribution in [-0.4, -0.2) is 67.1 Å². The van der Waals surface area contributed by atoms with Gasteiger partial charge < -0.3 is 10.2 Å². The van der Waals surface area contributed by atoms with Crippen LogP contribution >= 0.6 is 0 Å². The Labute approximate surface area is 191 Å². The molecular weight excluding hydrogens is 448 g/mol.